The molecule has 3 rings (SSSR count). The number of carbonyl (C=O) groups excluding carboxylic acids is 3. The number of hydrogen-bond acceptors (Lipinski definition) is 10. The standard InChI is InChI=1S/C39H50O10/c1-5-37(40)47-26-9-7-6-8-25-46-34-18-16-33(17-19-34)39(42)49-36-21-20-35(28-29(36)2)48-38(41)32-14-12-31(13-15-32)30(3)45-27-11-24-44-23-10-22-43-4/h12-21,28,30H,5-11,22-27H2,1-4H3. The molecule has 49 heavy (non-hydrogen) atoms. The molecular weight excluding hydrogens is 628 g/mol. The second-order valence-corrected chi connectivity index (χ2v) is 11.5. The molecule has 1 unspecified atom stereocenters. The normalized spacial score (nSPS) is 11.5. The first kappa shape index (κ1) is 39.2. The van der Waals surface area contributed by atoms with E-state index in [1.54, 1.807) is 75.6 Å². The fraction of sp³-hybridized carbons (Fsp3) is 0.462. The zero-order valence-corrected chi connectivity index (χ0v) is 29.2. The summed E-state index contributed by atoms with van der Waals surface area (Å²) in [6.45, 7) is 9.13. The van der Waals surface area contributed by atoms with Crippen LogP contribution in [0.3, 0.4) is 0 Å². The van der Waals surface area contributed by atoms with Crippen molar-refractivity contribution in [1.29, 1.82) is 0 Å². The van der Waals surface area contributed by atoms with Gasteiger partial charge in [-0.2, -0.15) is 0 Å². The summed E-state index contributed by atoms with van der Waals surface area (Å²) in [7, 11) is 1.68. The Morgan fingerprint density at radius 1 is 0.653 bits per heavy atom. The molecular formula is C39H50O10. The van der Waals surface area contributed by atoms with E-state index in [0.29, 0.717) is 80.0 Å². The minimum absolute atomic E-state index is 0.125. The Hall–Kier alpha value is -4.25. The predicted octanol–water partition coefficient (Wildman–Crippen LogP) is 7.85. The van der Waals surface area contributed by atoms with Gasteiger partial charge in [-0.05, 0) is 118 Å². The Balaban J connectivity index is 1.38. The maximum absolute atomic E-state index is 12.8. The van der Waals surface area contributed by atoms with Crippen LogP contribution in [0.2, 0.25) is 0 Å². The molecule has 0 aliphatic carbocycles. The molecule has 3 aromatic rings. The van der Waals surface area contributed by atoms with E-state index in [9.17, 15) is 14.4 Å². The van der Waals surface area contributed by atoms with Gasteiger partial charge in [0.15, 0.2) is 0 Å². The van der Waals surface area contributed by atoms with E-state index in [4.69, 9.17) is 33.2 Å². The second-order valence-electron chi connectivity index (χ2n) is 11.5. The number of unbranched alkanes of at least 4 members (excludes halogenated alkanes) is 3. The highest BCUT2D eigenvalue weighted by atomic mass is 16.5. The Morgan fingerprint density at radius 3 is 1.92 bits per heavy atom. The first-order valence-electron chi connectivity index (χ1n) is 17.0. The molecule has 0 aromatic heterocycles. The van der Waals surface area contributed by atoms with Gasteiger partial charge in [-0.25, -0.2) is 9.59 Å². The highest BCUT2D eigenvalue weighted by Gasteiger charge is 2.15. The van der Waals surface area contributed by atoms with Crippen molar-refractivity contribution in [3.8, 4) is 17.2 Å². The molecule has 0 aliphatic heterocycles. The van der Waals surface area contributed by atoms with Crippen molar-refractivity contribution in [3.05, 3.63) is 89.0 Å². The van der Waals surface area contributed by atoms with Crippen LogP contribution in [-0.2, 0) is 23.7 Å². The number of methoxy groups -OCH3 is 1. The van der Waals surface area contributed by atoms with Crippen molar-refractivity contribution in [2.24, 2.45) is 0 Å². The van der Waals surface area contributed by atoms with Crippen LogP contribution >= 0.6 is 0 Å². The van der Waals surface area contributed by atoms with Crippen molar-refractivity contribution < 1.29 is 47.5 Å². The Bertz CT molecular complexity index is 1420. The number of carbonyl (C=O) groups is 3. The molecule has 0 saturated heterocycles. The minimum Gasteiger partial charge on any atom is -0.494 e. The lowest BCUT2D eigenvalue weighted by Crippen LogP contribution is -2.11. The predicted molar refractivity (Wildman–Crippen MR) is 185 cm³/mol. The molecule has 266 valence electrons. The van der Waals surface area contributed by atoms with Gasteiger partial charge < -0.3 is 33.2 Å². The fourth-order valence-electron chi connectivity index (χ4n) is 4.66. The van der Waals surface area contributed by atoms with Gasteiger partial charge in [0, 0.05) is 40.0 Å². The van der Waals surface area contributed by atoms with Gasteiger partial charge >= 0.3 is 17.9 Å². The van der Waals surface area contributed by atoms with Crippen LogP contribution in [0.1, 0.15) is 96.7 Å². The third kappa shape index (κ3) is 14.8. The largest absolute Gasteiger partial charge is 0.494 e. The summed E-state index contributed by atoms with van der Waals surface area (Å²) in [4.78, 5) is 36.7. The molecule has 0 amide bonds. The first-order valence-corrected chi connectivity index (χ1v) is 17.0. The quantitative estimate of drug-likeness (QED) is 0.0558. The number of rotatable bonds is 23. The van der Waals surface area contributed by atoms with Gasteiger partial charge in [0.1, 0.15) is 17.2 Å². The van der Waals surface area contributed by atoms with E-state index in [2.05, 4.69) is 0 Å². The SMILES string of the molecule is CCC(=O)OCCCCCCOc1ccc(C(=O)Oc2ccc(OC(=O)c3ccc(C(C)OCCCOCCCOC)cc3)cc2C)cc1. The molecule has 0 spiro atoms. The lowest BCUT2D eigenvalue weighted by atomic mass is 10.1. The van der Waals surface area contributed by atoms with Crippen molar-refractivity contribution in [3.63, 3.8) is 0 Å². The molecule has 0 heterocycles. The van der Waals surface area contributed by atoms with E-state index in [-0.39, 0.29) is 12.1 Å². The maximum Gasteiger partial charge on any atom is 0.343 e. The maximum atomic E-state index is 12.8. The topological polar surface area (TPSA) is 116 Å². The first-order chi connectivity index (χ1) is 23.8. The summed E-state index contributed by atoms with van der Waals surface area (Å²) >= 11 is 0. The minimum atomic E-state index is -0.507. The van der Waals surface area contributed by atoms with Crippen LogP contribution in [0, 0.1) is 6.92 Å². The van der Waals surface area contributed by atoms with E-state index < -0.39 is 11.9 Å². The van der Waals surface area contributed by atoms with Crippen molar-refractivity contribution in [1.82, 2.24) is 0 Å². The van der Waals surface area contributed by atoms with E-state index >= 15 is 0 Å². The van der Waals surface area contributed by atoms with Crippen LogP contribution in [0.25, 0.3) is 0 Å². The van der Waals surface area contributed by atoms with Crippen molar-refractivity contribution >= 4 is 17.9 Å². The summed E-state index contributed by atoms with van der Waals surface area (Å²) in [6.07, 6.45) is 5.61. The van der Waals surface area contributed by atoms with Crippen molar-refractivity contribution in [2.75, 3.05) is 46.8 Å². The van der Waals surface area contributed by atoms with E-state index in [1.807, 2.05) is 19.1 Å². The molecule has 1 atom stereocenters. The zero-order chi connectivity index (χ0) is 35.3. The molecule has 0 aliphatic rings. The van der Waals surface area contributed by atoms with E-state index in [0.717, 1.165) is 44.1 Å². The van der Waals surface area contributed by atoms with Gasteiger partial charge in [-0.3, -0.25) is 4.79 Å². The third-order valence-corrected chi connectivity index (χ3v) is 7.56. The van der Waals surface area contributed by atoms with Gasteiger partial charge in [-0.15, -0.1) is 0 Å². The highest BCUT2D eigenvalue weighted by molar-refractivity contribution is 5.92. The molecule has 3 aromatic carbocycles. The van der Waals surface area contributed by atoms with E-state index in [1.165, 1.54) is 0 Å². The van der Waals surface area contributed by atoms with Crippen LogP contribution in [0.4, 0.5) is 0 Å². The van der Waals surface area contributed by atoms with Gasteiger partial charge in [0.2, 0.25) is 0 Å². The lowest BCUT2D eigenvalue weighted by molar-refractivity contribution is -0.143. The second kappa shape index (κ2) is 22.4. The summed E-state index contributed by atoms with van der Waals surface area (Å²) < 4.78 is 38.5. The molecule has 0 fully saturated rings. The number of hydrogen-bond donors (Lipinski definition) is 0. The van der Waals surface area contributed by atoms with Crippen LogP contribution < -0.4 is 14.2 Å². The van der Waals surface area contributed by atoms with Crippen LogP contribution in [-0.4, -0.2) is 64.7 Å². The fourth-order valence-corrected chi connectivity index (χ4v) is 4.66. The van der Waals surface area contributed by atoms with Crippen LogP contribution in [0.5, 0.6) is 17.2 Å². The Kier molecular flexibility index (Phi) is 17.9. The third-order valence-electron chi connectivity index (χ3n) is 7.56. The summed E-state index contributed by atoms with van der Waals surface area (Å²) in [5.41, 5.74) is 2.39. The number of esters is 3. The molecule has 10 heteroatoms. The molecule has 0 N–H and O–H groups in total. The number of benzene rings is 3. The monoisotopic (exact) mass is 678 g/mol. The molecule has 0 radical (unpaired) electrons. The summed E-state index contributed by atoms with van der Waals surface area (Å²) in [5, 5.41) is 0. The highest BCUT2D eigenvalue weighted by Crippen LogP contribution is 2.26. The number of aryl methyl sites for hydroxylation is 1. The summed E-state index contributed by atoms with van der Waals surface area (Å²) in [6, 6.07) is 18.8. The lowest BCUT2D eigenvalue weighted by Gasteiger charge is -2.14. The Labute approximate surface area is 289 Å². The molecule has 0 bridgehead atoms. The zero-order valence-electron chi connectivity index (χ0n) is 29.2. The smallest absolute Gasteiger partial charge is 0.343 e. The van der Waals surface area contributed by atoms with Gasteiger partial charge in [-0.1, -0.05) is 19.1 Å². The molecule has 0 saturated carbocycles. The molecule has 10 nitrogen and oxygen atoms in total. The average molecular weight is 679 g/mol. The van der Waals surface area contributed by atoms with Gasteiger partial charge in [0.25, 0.3) is 0 Å². The Morgan fingerprint density at radius 2 is 1.27 bits per heavy atom. The van der Waals surface area contributed by atoms with Crippen molar-refractivity contribution in [2.45, 2.75) is 71.8 Å². The van der Waals surface area contributed by atoms with Crippen LogP contribution in [0.15, 0.2) is 66.7 Å². The summed E-state index contributed by atoms with van der Waals surface area (Å²) in [5.74, 6) is 0.208. The average Bonchev–Trinajstić information content (AvgIpc) is 3.11. The van der Waals surface area contributed by atoms with Gasteiger partial charge in [0.05, 0.1) is 30.4 Å². The number of ether oxygens (including phenoxy) is 7.